The van der Waals surface area contributed by atoms with Crippen LogP contribution in [0.5, 0.6) is 0 Å². The molecule has 2 rings (SSSR count). The second kappa shape index (κ2) is 7.73. The van der Waals surface area contributed by atoms with Crippen molar-refractivity contribution in [1.82, 2.24) is 15.2 Å². The molecule has 0 bridgehead atoms. The van der Waals surface area contributed by atoms with Gasteiger partial charge in [0.15, 0.2) is 0 Å². The number of rotatable bonds is 5. The maximum Gasteiger partial charge on any atom is 0.263 e. The van der Waals surface area contributed by atoms with Gasteiger partial charge in [-0.3, -0.25) is 9.69 Å². The molecule has 1 amide bonds. The van der Waals surface area contributed by atoms with Crippen LogP contribution < -0.4 is 5.32 Å². The number of nitrogens with zero attached hydrogens (tertiary/aromatic N) is 2. The van der Waals surface area contributed by atoms with E-state index in [0.717, 1.165) is 28.7 Å². The van der Waals surface area contributed by atoms with E-state index in [1.54, 1.807) is 0 Å². The van der Waals surface area contributed by atoms with Crippen molar-refractivity contribution in [2.24, 2.45) is 0 Å². The first-order chi connectivity index (χ1) is 10.8. The summed E-state index contributed by atoms with van der Waals surface area (Å²) in [5.41, 5.74) is 0.831. The molecule has 1 aromatic rings. The Morgan fingerprint density at radius 2 is 1.96 bits per heavy atom. The monoisotopic (exact) mass is 339 g/mol. The number of nitrogens with one attached hydrogen (secondary N) is 1. The van der Waals surface area contributed by atoms with E-state index in [-0.39, 0.29) is 18.1 Å². The zero-order valence-electron chi connectivity index (χ0n) is 15.0. The smallest absolute Gasteiger partial charge is 0.263 e. The molecule has 0 aromatic carbocycles. The van der Waals surface area contributed by atoms with Gasteiger partial charge in [0.25, 0.3) is 5.91 Å². The quantitative estimate of drug-likeness (QED) is 0.896. The van der Waals surface area contributed by atoms with Gasteiger partial charge in [0.2, 0.25) is 0 Å². The normalized spacial score (nSPS) is 24.0. The van der Waals surface area contributed by atoms with Crippen molar-refractivity contribution in [2.45, 2.75) is 65.7 Å². The second-order valence-electron chi connectivity index (χ2n) is 6.89. The fourth-order valence-electron chi connectivity index (χ4n) is 2.90. The lowest BCUT2D eigenvalue weighted by Gasteiger charge is -2.38. The van der Waals surface area contributed by atoms with Crippen LogP contribution in [-0.2, 0) is 4.74 Å². The van der Waals surface area contributed by atoms with Crippen molar-refractivity contribution in [2.75, 3.05) is 19.6 Å². The van der Waals surface area contributed by atoms with Gasteiger partial charge in [-0.1, -0.05) is 13.8 Å². The van der Waals surface area contributed by atoms with Gasteiger partial charge in [-0.05, 0) is 27.7 Å². The van der Waals surface area contributed by atoms with Gasteiger partial charge in [-0.15, -0.1) is 11.3 Å². The van der Waals surface area contributed by atoms with Gasteiger partial charge in [0, 0.05) is 31.6 Å². The van der Waals surface area contributed by atoms with Gasteiger partial charge in [0.05, 0.1) is 22.9 Å². The molecular formula is C17H29N3O2S. The SMILES string of the molecule is Cc1nc(C(C)C)sc1C(=O)NC[C@H](C)N1C[C@H](C)O[C@@H](C)C1. The molecule has 2 heterocycles. The van der Waals surface area contributed by atoms with E-state index >= 15 is 0 Å². The predicted molar refractivity (Wildman–Crippen MR) is 94.3 cm³/mol. The summed E-state index contributed by atoms with van der Waals surface area (Å²) >= 11 is 1.51. The van der Waals surface area contributed by atoms with E-state index in [4.69, 9.17) is 4.74 Å². The highest BCUT2D eigenvalue weighted by atomic mass is 32.1. The zero-order chi connectivity index (χ0) is 17.1. The Labute approximate surface area is 143 Å². The molecule has 1 aromatic heterocycles. The summed E-state index contributed by atoms with van der Waals surface area (Å²) in [4.78, 5) is 20.1. The van der Waals surface area contributed by atoms with Crippen LogP contribution in [0.15, 0.2) is 0 Å². The Hall–Kier alpha value is -0.980. The molecule has 3 atom stereocenters. The molecule has 1 fully saturated rings. The van der Waals surface area contributed by atoms with Crippen LogP contribution in [0.3, 0.4) is 0 Å². The third-order valence-corrected chi connectivity index (χ3v) is 5.60. The number of amides is 1. The molecule has 1 N–H and O–H groups in total. The molecule has 1 aliphatic rings. The van der Waals surface area contributed by atoms with Crippen LogP contribution in [0.1, 0.15) is 60.9 Å². The number of ether oxygens (including phenoxy) is 1. The molecule has 0 unspecified atom stereocenters. The van der Waals surface area contributed by atoms with Crippen molar-refractivity contribution < 1.29 is 9.53 Å². The van der Waals surface area contributed by atoms with E-state index in [1.807, 2.05) is 6.92 Å². The van der Waals surface area contributed by atoms with Crippen molar-refractivity contribution in [3.05, 3.63) is 15.6 Å². The number of morpholine rings is 1. The number of thiazole rings is 1. The molecule has 130 valence electrons. The van der Waals surface area contributed by atoms with E-state index in [9.17, 15) is 4.79 Å². The number of aryl methyl sites for hydroxylation is 1. The Bertz CT molecular complexity index is 534. The van der Waals surface area contributed by atoms with Gasteiger partial charge in [-0.2, -0.15) is 0 Å². The van der Waals surface area contributed by atoms with E-state index in [2.05, 4.69) is 49.8 Å². The minimum Gasteiger partial charge on any atom is -0.373 e. The lowest BCUT2D eigenvalue weighted by atomic mass is 10.1. The first-order valence-electron chi connectivity index (χ1n) is 8.43. The number of hydrogen-bond acceptors (Lipinski definition) is 5. The highest BCUT2D eigenvalue weighted by Crippen LogP contribution is 2.24. The van der Waals surface area contributed by atoms with Gasteiger partial charge in [0.1, 0.15) is 4.88 Å². The molecule has 5 nitrogen and oxygen atoms in total. The Balaban J connectivity index is 1.91. The first kappa shape index (κ1) is 18.4. The summed E-state index contributed by atoms with van der Waals surface area (Å²) in [6, 6.07) is 0.297. The lowest BCUT2D eigenvalue weighted by Crippen LogP contribution is -2.52. The summed E-state index contributed by atoms with van der Waals surface area (Å²) in [7, 11) is 0. The molecule has 0 aliphatic carbocycles. The molecule has 1 aliphatic heterocycles. The number of aromatic nitrogens is 1. The summed E-state index contributed by atoms with van der Waals surface area (Å²) in [5, 5.41) is 4.09. The molecule has 0 radical (unpaired) electrons. The number of carbonyl (C=O) groups excluding carboxylic acids is 1. The maximum atomic E-state index is 12.4. The Morgan fingerprint density at radius 3 is 2.48 bits per heavy atom. The molecule has 6 heteroatoms. The van der Waals surface area contributed by atoms with Crippen molar-refractivity contribution in [3.8, 4) is 0 Å². The van der Waals surface area contributed by atoms with Gasteiger partial charge < -0.3 is 10.1 Å². The van der Waals surface area contributed by atoms with Crippen LogP contribution in [0.4, 0.5) is 0 Å². The average molecular weight is 340 g/mol. The summed E-state index contributed by atoms with van der Waals surface area (Å²) in [6.07, 6.45) is 0.489. The van der Waals surface area contributed by atoms with Crippen LogP contribution in [0, 0.1) is 6.92 Å². The highest BCUT2D eigenvalue weighted by Gasteiger charge is 2.26. The number of hydrogen-bond donors (Lipinski definition) is 1. The second-order valence-corrected chi connectivity index (χ2v) is 7.92. The fraction of sp³-hybridized carbons (Fsp3) is 0.765. The van der Waals surface area contributed by atoms with Crippen LogP contribution in [-0.4, -0.2) is 53.7 Å². The Kier molecular flexibility index (Phi) is 6.17. The van der Waals surface area contributed by atoms with Crippen LogP contribution in [0.25, 0.3) is 0 Å². The number of carbonyl (C=O) groups is 1. The van der Waals surface area contributed by atoms with Crippen LogP contribution >= 0.6 is 11.3 Å². The van der Waals surface area contributed by atoms with Crippen molar-refractivity contribution in [3.63, 3.8) is 0 Å². The third kappa shape index (κ3) is 4.75. The predicted octanol–water partition coefficient (Wildman–Crippen LogP) is 2.80. The topological polar surface area (TPSA) is 54.5 Å². The van der Waals surface area contributed by atoms with E-state index in [0.29, 0.717) is 18.5 Å². The Morgan fingerprint density at radius 1 is 1.35 bits per heavy atom. The van der Waals surface area contributed by atoms with E-state index in [1.165, 1.54) is 11.3 Å². The minimum atomic E-state index is -0.00638. The third-order valence-electron chi connectivity index (χ3n) is 4.14. The standard InChI is InChI=1S/C17H29N3O2S/c1-10(2)17-19-14(6)15(23-17)16(21)18-7-11(3)20-8-12(4)22-13(5)9-20/h10-13H,7-9H2,1-6H3,(H,18,21)/t11-,12-,13-/m0/s1. The van der Waals surface area contributed by atoms with Crippen molar-refractivity contribution >= 4 is 17.2 Å². The molecule has 23 heavy (non-hydrogen) atoms. The highest BCUT2D eigenvalue weighted by molar-refractivity contribution is 7.13. The zero-order valence-corrected chi connectivity index (χ0v) is 15.9. The summed E-state index contributed by atoms with van der Waals surface area (Å²) in [6.45, 7) is 14.9. The molecular weight excluding hydrogens is 310 g/mol. The average Bonchev–Trinajstić information content (AvgIpc) is 2.85. The van der Waals surface area contributed by atoms with E-state index < -0.39 is 0 Å². The van der Waals surface area contributed by atoms with Crippen LogP contribution in [0.2, 0.25) is 0 Å². The van der Waals surface area contributed by atoms with Gasteiger partial charge >= 0.3 is 0 Å². The van der Waals surface area contributed by atoms with Crippen molar-refractivity contribution in [1.29, 1.82) is 0 Å². The molecule has 1 saturated heterocycles. The first-order valence-corrected chi connectivity index (χ1v) is 9.24. The maximum absolute atomic E-state index is 12.4. The minimum absolute atomic E-state index is 0.00638. The molecule has 0 saturated carbocycles. The van der Waals surface area contributed by atoms with Gasteiger partial charge in [-0.25, -0.2) is 4.98 Å². The largest absolute Gasteiger partial charge is 0.373 e. The molecule has 0 spiro atoms. The lowest BCUT2D eigenvalue weighted by molar-refractivity contribution is -0.0778. The summed E-state index contributed by atoms with van der Waals surface area (Å²) in [5.74, 6) is 0.351. The summed E-state index contributed by atoms with van der Waals surface area (Å²) < 4.78 is 5.77. The fourth-order valence-corrected chi connectivity index (χ4v) is 3.89.